The second-order valence-electron chi connectivity index (χ2n) is 4.26. The number of amides is 2. The highest BCUT2D eigenvalue weighted by atomic mass is 35.5. The first-order valence-corrected chi connectivity index (χ1v) is 6.46. The van der Waals surface area contributed by atoms with Crippen molar-refractivity contribution in [3.63, 3.8) is 0 Å². The topological polar surface area (TPSA) is 61.8 Å². The van der Waals surface area contributed by atoms with E-state index in [4.69, 9.17) is 23.2 Å². The Morgan fingerprint density at radius 3 is 2.80 bits per heavy atom. The third kappa shape index (κ3) is 3.00. The maximum atomic E-state index is 11.9. The molecule has 2 rings (SSSR count). The summed E-state index contributed by atoms with van der Waals surface area (Å²) >= 11 is 11.9. The minimum absolute atomic E-state index is 0.0120. The summed E-state index contributed by atoms with van der Waals surface area (Å²) in [6.07, 6.45) is -0.0120. The Morgan fingerprint density at radius 1 is 1.45 bits per heavy atom. The summed E-state index contributed by atoms with van der Waals surface area (Å²) in [7, 11) is 0. The maximum absolute atomic E-state index is 11.9. The lowest BCUT2D eigenvalue weighted by Crippen LogP contribution is -2.29. The maximum Gasteiger partial charge on any atom is 0.255 e. The predicted molar refractivity (Wildman–Crippen MR) is 79.0 cm³/mol. The van der Waals surface area contributed by atoms with Gasteiger partial charge in [-0.05, 0) is 25.1 Å². The van der Waals surface area contributed by atoms with E-state index in [1.807, 2.05) is 0 Å². The molecular formula is C13H11Cl2N3O2. The number of benzene rings is 1. The van der Waals surface area contributed by atoms with Crippen molar-refractivity contribution in [2.75, 3.05) is 5.01 Å². The summed E-state index contributed by atoms with van der Waals surface area (Å²) in [5, 5.41) is 8.47. The van der Waals surface area contributed by atoms with Crippen LogP contribution in [0.4, 0.5) is 5.69 Å². The van der Waals surface area contributed by atoms with Crippen molar-refractivity contribution in [2.45, 2.75) is 13.3 Å². The van der Waals surface area contributed by atoms with Gasteiger partial charge in [-0.15, -0.1) is 0 Å². The molecule has 0 unspecified atom stereocenters. The summed E-state index contributed by atoms with van der Waals surface area (Å²) in [5.41, 5.74) is 0.711. The molecule has 0 atom stereocenters. The molecule has 2 amide bonds. The zero-order valence-electron chi connectivity index (χ0n) is 10.6. The third-order valence-electron chi connectivity index (χ3n) is 2.56. The molecule has 0 aromatic heterocycles. The van der Waals surface area contributed by atoms with Crippen LogP contribution in [0.5, 0.6) is 0 Å². The average molecular weight is 312 g/mol. The Labute approximate surface area is 125 Å². The molecular weight excluding hydrogens is 301 g/mol. The molecule has 0 spiro atoms. The van der Waals surface area contributed by atoms with Crippen LogP contribution in [0.25, 0.3) is 0 Å². The first-order valence-electron chi connectivity index (χ1n) is 5.71. The summed E-state index contributed by atoms with van der Waals surface area (Å²) in [6, 6.07) is 4.72. The van der Waals surface area contributed by atoms with Crippen LogP contribution in [-0.2, 0) is 9.59 Å². The fourth-order valence-electron chi connectivity index (χ4n) is 1.57. The molecule has 1 aromatic carbocycles. The fraction of sp³-hybridized carbons (Fsp3) is 0.154. The van der Waals surface area contributed by atoms with Crippen molar-refractivity contribution in [2.24, 2.45) is 5.10 Å². The van der Waals surface area contributed by atoms with Gasteiger partial charge in [-0.3, -0.25) is 9.59 Å². The highest BCUT2D eigenvalue weighted by Gasteiger charge is 2.28. The third-order valence-corrected chi connectivity index (χ3v) is 3.11. The molecule has 104 valence electrons. The first kappa shape index (κ1) is 14.6. The zero-order chi connectivity index (χ0) is 14.9. The second kappa shape index (κ2) is 5.64. The second-order valence-corrected chi connectivity index (χ2v) is 5.10. The largest absolute Gasteiger partial charge is 0.308 e. The highest BCUT2D eigenvalue weighted by Crippen LogP contribution is 2.31. The van der Waals surface area contributed by atoms with Crippen LogP contribution in [0.3, 0.4) is 0 Å². The van der Waals surface area contributed by atoms with Gasteiger partial charge in [0.2, 0.25) is 0 Å². The first-order chi connectivity index (χ1) is 9.38. The lowest BCUT2D eigenvalue weighted by atomic mass is 10.3. The fourth-order valence-corrected chi connectivity index (χ4v) is 1.94. The molecule has 0 bridgehead atoms. The van der Waals surface area contributed by atoms with Crippen molar-refractivity contribution in [1.82, 2.24) is 5.32 Å². The van der Waals surface area contributed by atoms with Crippen LogP contribution < -0.4 is 10.3 Å². The van der Waals surface area contributed by atoms with Crippen LogP contribution in [0.2, 0.25) is 10.0 Å². The lowest BCUT2D eigenvalue weighted by Gasteiger charge is -2.13. The number of hydrogen-bond donors (Lipinski definition) is 1. The molecule has 1 heterocycles. The molecule has 0 saturated heterocycles. The van der Waals surface area contributed by atoms with E-state index in [0.29, 0.717) is 21.3 Å². The predicted octanol–water partition coefficient (Wildman–Crippen LogP) is 2.74. The van der Waals surface area contributed by atoms with E-state index in [1.54, 1.807) is 19.1 Å². The molecule has 0 fully saturated rings. The molecule has 0 saturated carbocycles. The molecule has 7 heteroatoms. The minimum Gasteiger partial charge on any atom is -0.308 e. The molecule has 0 aliphatic carbocycles. The standard InChI is InChI=1S/C13H11Cl2N3O2/c1-7(2)13(20)16-11-6-12(19)18(17-11)10-5-8(14)3-4-9(10)15/h3-5H,1,6H2,2H3,(H,16,17,20). The molecule has 0 radical (unpaired) electrons. The van der Waals surface area contributed by atoms with Gasteiger partial charge in [0.25, 0.3) is 11.8 Å². The van der Waals surface area contributed by atoms with E-state index in [2.05, 4.69) is 17.0 Å². The Hall–Kier alpha value is -1.85. The zero-order valence-corrected chi connectivity index (χ0v) is 12.1. The number of carbonyl (C=O) groups is 2. The molecule has 1 N–H and O–H groups in total. The number of nitrogens with one attached hydrogen (secondary N) is 1. The highest BCUT2D eigenvalue weighted by molar-refractivity contribution is 6.36. The van der Waals surface area contributed by atoms with Crippen LogP contribution in [0.15, 0.2) is 35.5 Å². The number of hydrogen-bond acceptors (Lipinski definition) is 3. The molecule has 20 heavy (non-hydrogen) atoms. The van der Waals surface area contributed by atoms with E-state index in [-0.39, 0.29) is 24.1 Å². The molecule has 1 aromatic rings. The lowest BCUT2D eigenvalue weighted by molar-refractivity contribution is -0.116. The summed E-state index contributed by atoms with van der Waals surface area (Å²) < 4.78 is 0. The van der Waals surface area contributed by atoms with Crippen molar-refractivity contribution in [1.29, 1.82) is 0 Å². The number of hydrazone groups is 1. The van der Waals surface area contributed by atoms with Gasteiger partial charge in [-0.1, -0.05) is 29.8 Å². The monoisotopic (exact) mass is 311 g/mol. The quantitative estimate of drug-likeness (QED) is 0.854. The van der Waals surface area contributed by atoms with Gasteiger partial charge >= 0.3 is 0 Å². The molecule has 1 aliphatic heterocycles. The summed E-state index contributed by atoms with van der Waals surface area (Å²) in [6.45, 7) is 5.08. The van der Waals surface area contributed by atoms with Crippen LogP contribution >= 0.6 is 23.2 Å². The van der Waals surface area contributed by atoms with Gasteiger partial charge < -0.3 is 5.32 Å². The normalized spacial score (nSPS) is 14.2. The number of rotatable bonds is 2. The number of nitrogens with zero attached hydrogens (tertiary/aromatic N) is 2. The Balaban J connectivity index is 2.27. The molecule has 1 aliphatic rings. The van der Waals surface area contributed by atoms with Gasteiger partial charge in [0.15, 0.2) is 0 Å². The van der Waals surface area contributed by atoms with E-state index in [9.17, 15) is 9.59 Å². The number of carbonyl (C=O) groups excluding carboxylic acids is 2. The minimum atomic E-state index is -0.379. The SMILES string of the molecule is C=C(C)C(=O)NC1=NN(c2cc(Cl)ccc2Cl)C(=O)C1. The van der Waals surface area contributed by atoms with Crippen molar-refractivity contribution >= 4 is 46.5 Å². The summed E-state index contributed by atoms with van der Waals surface area (Å²) in [5.74, 6) is -0.430. The number of anilines is 1. The van der Waals surface area contributed by atoms with Gasteiger partial charge in [-0.2, -0.15) is 10.1 Å². The smallest absolute Gasteiger partial charge is 0.255 e. The van der Waals surface area contributed by atoms with E-state index >= 15 is 0 Å². The van der Waals surface area contributed by atoms with Gasteiger partial charge in [0, 0.05) is 10.6 Å². The average Bonchev–Trinajstić information content (AvgIpc) is 2.73. The summed E-state index contributed by atoms with van der Waals surface area (Å²) in [4.78, 5) is 23.4. The Morgan fingerprint density at radius 2 is 2.15 bits per heavy atom. The van der Waals surface area contributed by atoms with Crippen molar-refractivity contribution in [3.05, 3.63) is 40.4 Å². The van der Waals surface area contributed by atoms with E-state index < -0.39 is 0 Å². The Kier molecular flexibility index (Phi) is 4.11. The van der Waals surface area contributed by atoms with Gasteiger partial charge in [-0.25, -0.2) is 0 Å². The molecule has 5 nitrogen and oxygen atoms in total. The van der Waals surface area contributed by atoms with Crippen LogP contribution in [0.1, 0.15) is 13.3 Å². The van der Waals surface area contributed by atoms with Gasteiger partial charge in [0.1, 0.15) is 5.84 Å². The number of halogens is 2. The van der Waals surface area contributed by atoms with Crippen LogP contribution in [-0.4, -0.2) is 17.6 Å². The van der Waals surface area contributed by atoms with Crippen LogP contribution in [0, 0.1) is 0 Å². The van der Waals surface area contributed by atoms with Crippen molar-refractivity contribution in [3.8, 4) is 0 Å². The van der Waals surface area contributed by atoms with Gasteiger partial charge in [0.05, 0.1) is 17.1 Å². The number of amidine groups is 1. The van der Waals surface area contributed by atoms with Crippen molar-refractivity contribution < 1.29 is 9.59 Å². The van der Waals surface area contributed by atoms with E-state index in [1.165, 1.54) is 6.07 Å². The Bertz CT molecular complexity index is 641. The van der Waals surface area contributed by atoms with E-state index in [0.717, 1.165) is 5.01 Å².